The molecule has 1 saturated heterocycles. The molecule has 3 heterocycles. The van der Waals surface area contributed by atoms with E-state index in [4.69, 9.17) is 4.74 Å². The molecule has 0 unspecified atom stereocenters. The van der Waals surface area contributed by atoms with Gasteiger partial charge in [-0.1, -0.05) is 23.8 Å². The number of hydrogen-bond acceptors (Lipinski definition) is 6. The van der Waals surface area contributed by atoms with E-state index in [0.717, 1.165) is 67.6 Å². The Labute approximate surface area is 229 Å². The number of nitrogens with zero attached hydrogens (tertiary/aromatic N) is 5. The Morgan fingerprint density at radius 2 is 1.90 bits per heavy atom. The van der Waals surface area contributed by atoms with Crippen molar-refractivity contribution in [1.82, 2.24) is 19.6 Å². The van der Waals surface area contributed by atoms with Gasteiger partial charge in [0.05, 0.1) is 35.3 Å². The first-order valence-corrected chi connectivity index (χ1v) is 13.7. The largest absolute Gasteiger partial charge is 0.416 e. The van der Waals surface area contributed by atoms with Crippen LogP contribution in [0.15, 0.2) is 52.5 Å². The number of benzene rings is 2. The first kappa shape index (κ1) is 27.4. The van der Waals surface area contributed by atoms with E-state index in [1.54, 1.807) is 29.9 Å². The van der Waals surface area contributed by atoms with E-state index in [2.05, 4.69) is 19.9 Å². The molecule has 0 bridgehead atoms. The first-order chi connectivity index (χ1) is 18.7. The number of rotatable bonds is 7. The Kier molecular flexibility index (Phi) is 8.11. The molecule has 0 spiro atoms. The van der Waals surface area contributed by atoms with Gasteiger partial charge in [0.1, 0.15) is 0 Å². The monoisotopic (exact) mass is 557 g/mol. The summed E-state index contributed by atoms with van der Waals surface area (Å²) in [5.41, 5.74) is 1.60. The molecule has 1 aromatic heterocycles. The van der Waals surface area contributed by atoms with Gasteiger partial charge in [-0.3, -0.25) is 14.4 Å². The second-order valence-electron chi connectivity index (χ2n) is 9.61. The number of halogens is 3. The fourth-order valence-corrected chi connectivity index (χ4v) is 5.73. The molecular formula is C28H30F3N5O2S. The molecule has 0 atom stereocenters. The summed E-state index contributed by atoms with van der Waals surface area (Å²) in [6.45, 7) is 9.39. The van der Waals surface area contributed by atoms with E-state index in [1.807, 2.05) is 25.1 Å². The fraction of sp³-hybridized carbons (Fsp3) is 0.393. The first-order valence-electron chi connectivity index (χ1n) is 12.9. The summed E-state index contributed by atoms with van der Waals surface area (Å²) in [4.78, 5) is 22.0. The van der Waals surface area contributed by atoms with Gasteiger partial charge >= 0.3 is 6.18 Å². The molecule has 5 rings (SSSR count). The summed E-state index contributed by atoms with van der Waals surface area (Å²) < 4.78 is 47.8. The van der Waals surface area contributed by atoms with Gasteiger partial charge in [-0.05, 0) is 61.0 Å². The number of fused-ring (bicyclic) bond motifs is 1. The van der Waals surface area contributed by atoms with E-state index >= 15 is 0 Å². The van der Waals surface area contributed by atoms with Crippen LogP contribution in [0.5, 0.6) is 0 Å². The van der Waals surface area contributed by atoms with Crippen LogP contribution in [0.3, 0.4) is 0 Å². The molecule has 39 heavy (non-hydrogen) atoms. The number of alkyl halides is 3. The number of aliphatic imine (C=N–C) groups is 1. The summed E-state index contributed by atoms with van der Waals surface area (Å²) in [7, 11) is 0. The maximum Gasteiger partial charge on any atom is 0.416 e. The molecule has 2 aliphatic heterocycles. The van der Waals surface area contributed by atoms with Crippen LogP contribution < -0.4 is 0 Å². The highest BCUT2D eigenvalue weighted by Gasteiger charge is 2.33. The van der Waals surface area contributed by atoms with Gasteiger partial charge in [0.15, 0.2) is 5.17 Å². The number of thioether (sulfide) groups is 1. The lowest BCUT2D eigenvalue weighted by Crippen LogP contribution is -2.48. The second-order valence-corrected chi connectivity index (χ2v) is 10.6. The molecule has 2 aromatic carbocycles. The average Bonchev–Trinajstić information content (AvgIpc) is 3.47. The summed E-state index contributed by atoms with van der Waals surface area (Å²) in [6, 6.07) is 9.90. The molecule has 0 saturated carbocycles. The van der Waals surface area contributed by atoms with E-state index < -0.39 is 11.7 Å². The molecule has 0 aliphatic carbocycles. The number of aromatic nitrogens is 2. The highest BCUT2D eigenvalue weighted by atomic mass is 32.2. The lowest BCUT2D eigenvalue weighted by molar-refractivity contribution is -0.138. The number of aryl methyl sites for hydroxylation is 1. The third-order valence-corrected chi connectivity index (χ3v) is 7.91. The van der Waals surface area contributed by atoms with Crippen LogP contribution in [0.1, 0.15) is 29.2 Å². The van der Waals surface area contributed by atoms with Gasteiger partial charge in [-0.15, -0.1) is 0 Å². The lowest BCUT2D eigenvalue weighted by Gasteiger charge is -2.35. The molecule has 11 heteroatoms. The van der Waals surface area contributed by atoms with E-state index in [0.29, 0.717) is 10.5 Å². The number of piperazine rings is 1. The predicted molar refractivity (Wildman–Crippen MR) is 148 cm³/mol. The number of ether oxygens (including phenoxy) is 1. The topological polar surface area (TPSA) is 63.0 Å². The Morgan fingerprint density at radius 1 is 1.10 bits per heavy atom. The SMILES string of the molecule is CCOCCN1CCN(C2=NC(=O)/C(=C/c3ccc4c(cnn4Cc4ccc(C)cc4C(F)(F)F)c3)S2)CC1. The van der Waals surface area contributed by atoms with Crippen molar-refractivity contribution in [1.29, 1.82) is 0 Å². The molecule has 206 valence electrons. The quantitative estimate of drug-likeness (QED) is 0.300. The van der Waals surface area contributed by atoms with Crippen LogP contribution in [0.4, 0.5) is 13.2 Å². The van der Waals surface area contributed by atoms with Crippen LogP contribution in [0.2, 0.25) is 0 Å². The van der Waals surface area contributed by atoms with E-state index in [9.17, 15) is 18.0 Å². The summed E-state index contributed by atoms with van der Waals surface area (Å²) in [6.07, 6.45) is -0.997. The Morgan fingerprint density at radius 3 is 2.64 bits per heavy atom. The van der Waals surface area contributed by atoms with Gasteiger partial charge in [0.2, 0.25) is 0 Å². The fourth-order valence-electron chi connectivity index (χ4n) is 4.76. The molecule has 2 aliphatic rings. The van der Waals surface area contributed by atoms with Crippen molar-refractivity contribution in [2.24, 2.45) is 4.99 Å². The highest BCUT2D eigenvalue weighted by Crippen LogP contribution is 2.34. The Hall–Kier alpha value is -3.15. The molecular weight excluding hydrogens is 527 g/mol. The van der Waals surface area contributed by atoms with Crippen LogP contribution in [0.25, 0.3) is 17.0 Å². The second kappa shape index (κ2) is 11.5. The molecule has 0 radical (unpaired) electrons. The van der Waals surface area contributed by atoms with Crippen LogP contribution in [-0.4, -0.2) is 76.6 Å². The number of carbonyl (C=O) groups excluding carboxylic acids is 1. The Bertz CT molecular complexity index is 1420. The highest BCUT2D eigenvalue weighted by molar-refractivity contribution is 8.18. The van der Waals surface area contributed by atoms with Crippen molar-refractivity contribution in [3.63, 3.8) is 0 Å². The maximum atomic E-state index is 13.6. The predicted octanol–water partition coefficient (Wildman–Crippen LogP) is 5.04. The van der Waals surface area contributed by atoms with Gasteiger partial charge in [-0.25, -0.2) is 0 Å². The summed E-state index contributed by atoms with van der Waals surface area (Å²) in [5.74, 6) is -0.261. The molecule has 0 N–H and O–H groups in total. The van der Waals surface area contributed by atoms with Crippen molar-refractivity contribution >= 4 is 39.8 Å². The van der Waals surface area contributed by atoms with Crippen LogP contribution >= 0.6 is 11.8 Å². The van der Waals surface area contributed by atoms with E-state index in [1.165, 1.54) is 23.9 Å². The van der Waals surface area contributed by atoms with Crippen molar-refractivity contribution in [3.8, 4) is 0 Å². The third kappa shape index (κ3) is 6.37. The normalized spacial score (nSPS) is 18.0. The zero-order valence-corrected chi connectivity index (χ0v) is 22.7. The molecule has 1 fully saturated rings. The number of hydrogen-bond donors (Lipinski definition) is 0. The molecule has 7 nitrogen and oxygen atoms in total. The van der Waals surface area contributed by atoms with Gasteiger partial charge < -0.3 is 9.64 Å². The number of amides is 1. The Balaban J connectivity index is 1.26. The minimum absolute atomic E-state index is 0.00346. The van der Waals surface area contributed by atoms with Crippen molar-refractivity contribution < 1.29 is 22.7 Å². The molecule has 1 amide bonds. The standard InChI is InChI=1S/C28H30F3N5O2S/c1-3-38-13-12-34-8-10-35(11-9-34)27-33-26(37)25(39-27)16-20-5-7-24-22(15-20)17-32-36(24)18-21-6-4-19(2)14-23(21)28(29,30)31/h4-7,14-17H,3,8-13,18H2,1-2H3/b25-16-. The van der Waals surface area contributed by atoms with Crippen LogP contribution in [0, 0.1) is 6.92 Å². The maximum absolute atomic E-state index is 13.6. The summed E-state index contributed by atoms with van der Waals surface area (Å²) >= 11 is 1.38. The third-order valence-electron chi connectivity index (χ3n) is 6.86. The number of amidine groups is 1. The van der Waals surface area contributed by atoms with Crippen LogP contribution in [-0.2, 0) is 22.3 Å². The van der Waals surface area contributed by atoms with Gasteiger partial charge in [0, 0.05) is 44.7 Å². The van der Waals surface area contributed by atoms with Gasteiger partial charge in [-0.2, -0.15) is 23.3 Å². The minimum atomic E-state index is -4.44. The smallest absolute Gasteiger partial charge is 0.380 e. The van der Waals surface area contributed by atoms with Crippen molar-refractivity contribution in [2.45, 2.75) is 26.6 Å². The van der Waals surface area contributed by atoms with Gasteiger partial charge in [0.25, 0.3) is 5.91 Å². The van der Waals surface area contributed by atoms with E-state index in [-0.39, 0.29) is 18.0 Å². The summed E-state index contributed by atoms with van der Waals surface area (Å²) in [5, 5.41) is 5.85. The number of carbonyl (C=O) groups is 1. The minimum Gasteiger partial charge on any atom is -0.380 e. The lowest BCUT2D eigenvalue weighted by atomic mass is 10.0. The zero-order valence-electron chi connectivity index (χ0n) is 21.9. The zero-order chi connectivity index (χ0) is 27.6. The molecule has 3 aromatic rings. The average molecular weight is 558 g/mol. The van der Waals surface area contributed by atoms with Crippen molar-refractivity contribution in [2.75, 3.05) is 45.9 Å². The van der Waals surface area contributed by atoms with Crippen molar-refractivity contribution in [3.05, 3.63) is 69.8 Å².